The molecule has 24 heavy (non-hydrogen) atoms. The molecule has 2 aromatic rings. The number of nitrogens with two attached hydrogens (primary N) is 1. The summed E-state index contributed by atoms with van der Waals surface area (Å²) in [5, 5.41) is 3.73. The average molecular weight is 329 g/mol. The van der Waals surface area contributed by atoms with Gasteiger partial charge in [0.25, 0.3) is 5.91 Å². The van der Waals surface area contributed by atoms with Crippen molar-refractivity contribution in [2.75, 3.05) is 26.2 Å². The van der Waals surface area contributed by atoms with Crippen molar-refractivity contribution in [1.82, 2.24) is 10.2 Å². The van der Waals surface area contributed by atoms with Crippen LogP contribution in [0.15, 0.2) is 28.7 Å². The van der Waals surface area contributed by atoms with Gasteiger partial charge < -0.3 is 20.4 Å². The highest BCUT2D eigenvalue weighted by Gasteiger charge is 2.30. The highest BCUT2D eigenvalue weighted by atomic mass is 16.3. The van der Waals surface area contributed by atoms with E-state index >= 15 is 0 Å². The van der Waals surface area contributed by atoms with Crippen LogP contribution in [-0.4, -0.2) is 42.9 Å². The van der Waals surface area contributed by atoms with Crippen LogP contribution in [0.1, 0.15) is 29.0 Å². The largest absolute Gasteiger partial charge is 0.451 e. The van der Waals surface area contributed by atoms with Crippen molar-refractivity contribution in [3.8, 4) is 0 Å². The number of piperidine rings is 1. The lowest BCUT2D eigenvalue weighted by molar-refractivity contribution is -0.126. The normalized spacial score (nSPS) is 17.9. The van der Waals surface area contributed by atoms with E-state index in [4.69, 9.17) is 10.2 Å². The molecule has 1 atom stereocenters. The third kappa shape index (κ3) is 3.43. The van der Waals surface area contributed by atoms with Gasteiger partial charge in [-0.2, -0.15) is 0 Å². The van der Waals surface area contributed by atoms with E-state index in [1.807, 2.05) is 25.1 Å². The van der Waals surface area contributed by atoms with Crippen LogP contribution in [0.3, 0.4) is 0 Å². The van der Waals surface area contributed by atoms with Gasteiger partial charge in [0.15, 0.2) is 5.76 Å². The molecule has 6 heteroatoms. The molecule has 0 aliphatic carbocycles. The highest BCUT2D eigenvalue weighted by Crippen LogP contribution is 2.24. The number of likely N-dealkylation sites (tertiary alicyclic amines) is 1. The zero-order chi connectivity index (χ0) is 17.1. The van der Waals surface area contributed by atoms with Gasteiger partial charge in [-0.05, 0) is 38.0 Å². The Balaban J connectivity index is 1.72. The summed E-state index contributed by atoms with van der Waals surface area (Å²) in [5.41, 5.74) is 7.24. The Kier molecular flexibility index (Phi) is 4.85. The number of furan rings is 1. The van der Waals surface area contributed by atoms with E-state index < -0.39 is 0 Å². The van der Waals surface area contributed by atoms with Gasteiger partial charge in [0.05, 0.1) is 5.92 Å². The molecular formula is C18H23N3O3. The van der Waals surface area contributed by atoms with Crippen LogP contribution in [-0.2, 0) is 4.79 Å². The van der Waals surface area contributed by atoms with E-state index in [1.54, 1.807) is 11.0 Å². The molecule has 0 spiro atoms. The maximum atomic E-state index is 12.7. The molecule has 1 aliphatic rings. The van der Waals surface area contributed by atoms with Crippen LogP contribution in [0, 0.1) is 12.8 Å². The predicted octanol–water partition coefficient (Wildman–Crippen LogP) is 1.67. The van der Waals surface area contributed by atoms with Crippen LogP contribution in [0.25, 0.3) is 11.0 Å². The summed E-state index contributed by atoms with van der Waals surface area (Å²) in [6.45, 7) is 3.95. The first kappa shape index (κ1) is 16.5. The first-order valence-corrected chi connectivity index (χ1v) is 8.35. The van der Waals surface area contributed by atoms with E-state index in [2.05, 4.69) is 5.32 Å². The molecule has 3 N–H and O–H groups in total. The first-order chi connectivity index (χ1) is 11.6. The topological polar surface area (TPSA) is 88.6 Å². The molecule has 1 aliphatic heterocycles. The van der Waals surface area contributed by atoms with Gasteiger partial charge in [-0.25, -0.2) is 0 Å². The number of hydrogen-bond acceptors (Lipinski definition) is 4. The van der Waals surface area contributed by atoms with Crippen LogP contribution < -0.4 is 11.1 Å². The Morgan fingerprint density at radius 2 is 2.21 bits per heavy atom. The quantitative estimate of drug-likeness (QED) is 0.893. The molecule has 1 aromatic heterocycles. The maximum absolute atomic E-state index is 12.7. The molecular weight excluding hydrogens is 306 g/mol. The molecule has 0 radical (unpaired) electrons. The lowest BCUT2D eigenvalue weighted by Crippen LogP contribution is -2.46. The fourth-order valence-electron chi connectivity index (χ4n) is 3.14. The number of carbonyl (C=O) groups excluding carboxylic acids is 2. The molecule has 0 bridgehead atoms. The van der Waals surface area contributed by atoms with Crippen LogP contribution >= 0.6 is 0 Å². The molecule has 2 amide bonds. The maximum Gasteiger partial charge on any atom is 0.289 e. The minimum Gasteiger partial charge on any atom is -0.451 e. The van der Waals surface area contributed by atoms with Crippen molar-refractivity contribution in [2.45, 2.75) is 19.8 Å². The number of fused-ring (bicyclic) bond motifs is 1. The van der Waals surface area contributed by atoms with Gasteiger partial charge >= 0.3 is 0 Å². The number of carbonyl (C=O) groups is 2. The first-order valence-electron chi connectivity index (χ1n) is 8.35. The van der Waals surface area contributed by atoms with E-state index in [1.165, 1.54) is 0 Å². The van der Waals surface area contributed by atoms with Gasteiger partial charge in [0, 0.05) is 31.6 Å². The van der Waals surface area contributed by atoms with Crippen molar-refractivity contribution < 1.29 is 14.0 Å². The number of benzene rings is 1. The Morgan fingerprint density at radius 1 is 1.38 bits per heavy atom. The minimum absolute atomic E-state index is 0.0295. The zero-order valence-corrected chi connectivity index (χ0v) is 13.9. The highest BCUT2D eigenvalue weighted by molar-refractivity contribution is 5.96. The second-order valence-electron chi connectivity index (χ2n) is 6.32. The Morgan fingerprint density at radius 3 is 3.00 bits per heavy atom. The summed E-state index contributed by atoms with van der Waals surface area (Å²) in [6, 6.07) is 7.61. The summed E-state index contributed by atoms with van der Waals surface area (Å²) in [6.07, 6.45) is 1.60. The second-order valence-corrected chi connectivity index (χ2v) is 6.32. The molecule has 1 saturated heterocycles. The lowest BCUT2D eigenvalue weighted by atomic mass is 9.97. The van der Waals surface area contributed by atoms with Gasteiger partial charge in [-0.15, -0.1) is 0 Å². The number of aryl methyl sites for hydroxylation is 1. The number of rotatable bonds is 4. The van der Waals surface area contributed by atoms with E-state index in [0.29, 0.717) is 37.5 Å². The van der Waals surface area contributed by atoms with Crippen LogP contribution in [0.4, 0.5) is 0 Å². The zero-order valence-electron chi connectivity index (χ0n) is 13.9. The second kappa shape index (κ2) is 7.05. The number of nitrogens with one attached hydrogen (secondary N) is 1. The number of amides is 2. The van der Waals surface area contributed by atoms with Gasteiger partial charge in [-0.1, -0.05) is 11.6 Å². The summed E-state index contributed by atoms with van der Waals surface area (Å²) in [7, 11) is 0. The molecule has 1 fully saturated rings. The van der Waals surface area contributed by atoms with E-state index in [-0.39, 0.29) is 17.7 Å². The molecule has 2 heterocycles. The van der Waals surface area contributed by atoms with Crippen molar-refractivity contribution in [3.05, 3.63) is 35.6 Å². The standard InChI is InChI=1S/C18H23N3O3/c1-12-4-5-15-14(9-12)10-16(24-15)18(23)21-8-2-3-13(11-21)17(22)20-7-6-19/h4-5,9-10,13H,2-3,6-8,11,19H2,1H3,(H,20,22). The Labute approximate surface area is 141 Å². The Hall–Kier alpha value is -2.34. The van der Waals surface area contributed by atoms with Crippen molar-refractivity contribution in [2.24, 2.45) is 11.7 Å². The molecule has 128 valence electrons. The van der Waals surface area contributed by atoms with Crippen LogP contribution in [0.2, 0.25) is 0 Å². The monoisotopic (exact) mass is 329 g/mol. The van der Waals surface area contributed by atoms with Gasteiger partial charge in [0.2, 0.25) is 5.91 Å². The average Bonchev–Trinajstić information content (AvgIpc) is 3.02. The van der Waals surface area contributed by atoms with Gasteiger partial charge in [-0.3, -0.25) is 9.59 Å². The predicted molar refractivity (Wildman–Crippen MR) is 91.6 cm³/mol. The number of hydrogen-bond donors (Lipinski definition) is 2. The SMILES string of the molecule is Cc1ccc2oc(C(=O)N3CCCC(C(=O)NCCN)C3)cc2c1. The summed E-state index contributed by atoms with van der Waals surface area (Å²) in [5.74, 6) is -0.0298. The summed E-state index contributed by atoms with van der Waals surface area (Å²) in [4.78, 5) is 26.5. The summed E-state index contributed by atoms with van der Waals surface area (Å²) >= 11 is 0. The third-order valence-electron chi connectivity index (χ3n) is 4.41. The molecule has 0 saturated carbocycles. The van der Waals surface area contributed by atoms with Crippen LogP contribution in [0.5, 0.6) is 0 Å². The van der Waals surface area contributed by atoms with Crippen molar-refractivity contribution in [1.29, 1.82) is 0 Å². The third-order valence-corrected chi connectivity index (χ3v) is 4.41. The molecule has 1 unspecified atom stereocenters. The molecule has 6 nitrogen and oxygen atoms in total. The van der Waals surface area contributed by atoms with E-state index in [0.717, 1.165) is 23.8 Å². The smallest absolute Gasteiger partial charge is 0.289 e. The fourth-order valence-corrected chi connectivity index (χ4v) is 3.14. The Bertz CT molecular complexity index is 753. The lowest BCUT2D eigenvalue weighted by Gasteiger charge is -2.31. The minimum atomic E-state index is -0.180. The van der Waals surface area contributed by atoms with Crippen molar-refractivity contribution >= 4 is 22.8 Å². The van der Waals surface area contributed by atoms with Crippen molar-refractivity contribution in [3.63, 3.8) is 0 Å². The fraction of sp³-hybridized carbons (Fsp3) is 0.444. The van der Waals surface area contributed by atoms with Gasteiger partial charge in [0.1, 0.15) is 5.58 Å². The van der Waals surface area contributed by atoms with E-state index in [9.17, 15) is 9.59 Å². The molecule has 3 rings (SSSR count). The summed E-state index contributed by atoms with van der Waals surface area (Å²) < 4.78 is 5.69. The number of nitrogens with zero attached hydrogens (tertiary/aromatic N) is 1. The molecule has 1 aromatic carbocycles.